The SMILES string of the molecule is CC(=CCCCN)C(N)=O.c1ccc2cc3ccccc3cc2c1. The first kappa shape index (κ1) is 17.7. The van der Waals surface area contributed by atoms with Crippen molar-refractivity contribution >= 4 is 27.5 Å². The lowest BCUT2D eigenvalue weighted by Crippen LogP contribution is -2.11. The van der Waals surface area contributed by atoms with Crippen LogP contribution in [0.3, 0.4) is 0 Å². The summed E-state index contributed by atoms with van der Waals surface area (Å²) in [5, 5.41) is 5.25. The molecule has 3 aromatic rings. The quantitative estimate of drug-likeness (QED) is 0.431. The minimum absolute atomic E-state index is 0.350. The number of hydrogen-bond donors (Lipinski definition) is 2. The van der Waals surface area contributed by atoms with Crippen LogP contribution in [0, 0.1) is 0 Å². The number of nitrogens with two attached hydrogens (primary N) is 2. The second-order valence-corrected chi connectivity index (χ2v) is 5.73. The first-order valence-electron chi connectivity index (χ1n) is 8.16. The maximum Gasteiger partial charge on any atom is 0.244 e. The summed E-state index contributed by atoms with van der Waals surface area (Å²) in [6.07, 6.45) is 3.56. The summed E-state index contributed by atoms with van der Waals surface area (Å²) in [6.45, 7) is 2.36. The van der Waals surface area contributed by atoms with Crippen LogP contribution in [0.25, 0.3) is 21.5 Å². The second kappa shape index (κ2) is 8.85. The molecule has 3 rings (SSSR count). The third kappa shape index (κ3) is 4.93. The number of unbranched alkanes of at least 4 members (excludes halogenated alkanes) is 1. The smallest absolute Gasteiger partial charge is 0.244 e. The number of benzene rings is 3. The van der Waals surface area contributed by atoms with Gasteiger partial charge in [-0.2, -0.15) is 0 Å². The predicted octanol–water partition coefficient (Wildman–Crippen LogP) is 4.15. The van der Waals surface area contributed by atoms with E-state index in [1.165, 1.54) is 21.5 Å². The molecule has 0 unspecified atom stereocenters. The average molecular weight is 320 g/mol. The van der Waals surface area contributed by atoms with Crippen molar-refractivity contribution in [2.45, 2.75) is 19.8 Å². The lowest BCUT2D eigenvalue weighted by Gasteiger charge is -2.00. The van der Waals surface area contributed by atoms with E-state index >= 15 is 0 Å². The molecule has 0 aromatic heterocycles. The Balaban J connectivity index is 0.000000187. The van der Waals surface area contributed by atoms with Crippen LogP contribution in [0.1, 0.15) is 19.8 Å². The fourth-order valence-electron chi connectivity index (χ4n) is 2.42. The van der Waals surface area contributed by atoms with Crippen LogP contribution < -0.4 is 11.5 Å². The monoisotopic (exact) mass is 320 g/mol. The normalized spacial score (nSPS) is 11.2. The molecule has 3 heteroatoms. The Kier molecular flexibility index (Phi) is 6.52. The first-order valence-corrected chi connectivity index (χ1v) is 8.16. The molecule has 0 spiro atoms. The Morgan fingerprint density at radius 1 is 0.917 bits per heavy atom. The zero-order valence-electron chi connectivity index (χ0n) is 14.0. The van der Waals surface area contributed by atoms with E-state index in [9.17, 15) is 4.79 Å². The van der Waals surface area contributed by atoms with Crippen molar-refractivity contribution in [2.24, 2.45) is 11.5 Å². The fraction of sp³-hybridized carbons (Fsp3) is 0.190. The number of carbonyl (C=O) groups excluding carboxylic acids is 1. The fourth-order valence-corrected chi connectivity index (χ4v) is 2.42. The zero-order valence-corrected chi connectivity index (χ0v) is 14.0. The van der Waals surface area contributed by atoms with Crippen LogP contribution in [0.4, 0.5) is 0 Å². The van der Waals surface area contributed by atoms with Gasteiger partial charge >= 0.3 is 0 Å². The van der Waals surface area contributed by atoms with Gasteiger partial charge < -0.3 is 11.5 Å². The van der Waals surface area contributed by atoms with Gasteiger partial charge in [0, 0.05) is 5.57 Å². The van der Waals surface area contributed by atoms with E-state index in [0.29, 0.717) is 12.1 Å². The summed E-state index contributed by atoms with van der Waals surface area (Å²) in [4.78, 5) is 10.4. The van der Waals surface area contributed by atoms with Gasteiger partial charge in [0.25, 0.3) is 0 Å². The summed E-state index contributed by atoms with van der Waals surface area (Å²) in [7, 11) is 0. The van der Waals surface area contributed by atoms with E-state index in [1.54, 1.807) is 6.92 Å². The summed E-state index contributed by atoms with van der Waals surface area (Å²) in [5.41, 5.74) is 10.8. The maximum absolute atomic E-state index is 10.4. The van der Waals surface area contributed by atoms with Gasteiger partial charge in [0.1, 0.15) is 0 Å². The van der Waals surface area contributed by atoms with Crippen molar-refractivity contribution in [1.29, 1.82) is 0 Å². The Labute approximate surface area is 143 Å². The van der Waals surface area contributed by atoms with Gasteiger partial charge in [-0.05, 0) is 60.0 Å². The molecule has 3 nitrogen and oxygen atoms in total. The second-order valence-electron chi connectivity index (χ2n) is 5.73. The van der Waals surface area contributed by atoms with Crippen molar-refractivity contribution in [3.8, 4) is 0 Å². The summed E-state index contributed by atoms with van der Waals surface area (Å²) in [5.74, 6) is -0.350. The van der Waals surface area contributed by atoms with Crippen LogP contribution >= 0.6 is 0 Å². The molecule has 3 aromatic carbocycles. The third-order valence-electron chi connectivity index (χ3n) is 3.86. The third-order valence-corrected chi connectivity index (χ3v) is 3.86. The number of primary amides is 1. The molecule has 124 valence electrons. The molecule has 0 saturated heterocycles. The molecule has 0 aliphatic heterocycles. The first-order chi connectivity index (χ1) is 11.6. The van der Waals surface area contributed by atoms with E-state index in [0.717, 1.165) is 12.8 Å². The minimum atomic E-state index is -0.350. The van der Waals surface area contributed by atoms with Gasteiger partial charge in [-0.15, -0.1) is 0 Å². The Morgan fingerprint density at radius 2 is 1.33 bits per heavy atom. The highest BCUT2D eigenvalue weighted by Crippen LogP contribution is 2.21. The van der Waals surface area contributed by atoms with Crippen molar-refractivity contribution in [3.63, 3.8) is 0 Å². The molecule has 0 atom stereocenters. The van der Waals surface area contributed by atoms with Crippen molar-refractivity contribution in [1.82, 2.24) is 0 Å². The van der Waals surface area contributed by atoms with Crippen molar-refractivity contribution in [2.75, 3.05) is 6.54 Å². The van der Waals surface area contributed by atoms with E-state index in [1.807, 2.05) is 6.08 Å². The van der Waals surface area contributed by atoms with Crippen molar-refractivity contribution < 1.29 is 4.79 Å². The average Bonchev–Trinajstić information content (AvgIpc) is 2.60. The number of carbonyl (C=O) groups is 1. The van der Waals surface area contributed by atoms with E-state index < -0.39 is 0 Å². The molecule has 0 aliphatic carbocycles. The number of amides is 1. The molecule has 24 heavy (non-hydrogen) atoms. The topological polar surface area (TPSA) is 69.1 Å². The Bertz CT molecular complexity index is 747. The number of allylic oxidation sites excluding steroid dienone is 1. The van der Waals surface area contributed by atoms with E-state index in [4.69, 9.17) is 11.5 Å². The van der Waals surface area contributed by atoms with E-state index in [-0.39, 0.29) is 5.91 Å². The summed E-state index contributed by atoms with van der Waals surface area (Å²) in [6, 6.07) is 21.4. The zero-order chi connectivity index (χ0) is 17.4. The highest BCUT2D eigenvalue weighted by molar-refractivity contribution is 5.98. The number of fused-ring (bicyclic) bond motifs is 2. The lowest BCUT2D eigenvalue weighted by molar-refractivity contribution is -0.114. The molecule has 0 fully saturated rings. The van der Waals surface area contributed by atoms with Gasteiger partial charge in [0.05, 0.1) is 0 Å². The molecular weight excluding hydrogens is 296 g/mol. The predicted molar refractivity (Wildman–Crippen MR) is 103 cm³/mol. The molecule has 0 radical (unpaired) electrons. The van der Waals surface area contributed by atoms with Crippen LogP contribution in [-0.2, 0) is 4.79 Å². The van der Waals surface area contributed by atoms with Crippen LogP contribution in [-0.4, -0.2) is 12.5 Å². The molecule has 0 heterocycles. The molecule has 0 aliphatic rings. The molecule has 0 bridgehead atoms. The van der Waals surface area contributed by atoms with Crippen molar-refractivity contribution in [3.05, 3.63) is 72.3 Å². The standard InChI is InChI=1S/C14H10.C7H14N2O/c1-2-6-12-10-14-8-4-3-7-13(14)9-11(12)5-1;1-6(7(9)10)4-2-3-5-8/h1-10H;4H,2-3,5,8H2,1H3,(H2,9,10). The van der Waals surface area contributed by atoms with Crippen LogP contribution in [0.15, 0.2) is 72.3 Å². The van der Waals surface area contributed by atoms with Gasteiger partial charge in [-0.1, -0.05) is 54.6 Å². The highest BCUT2D eigenvalue weighted by atomic mass is 16.1. The molecule has 0 saturated carbocycles. The van der Waals surface area contributed by atoms with Gasteiger partial charge in [0.15, 0.2) is 0 Å². The molecular formula is C21H24N2O. The molecule has 1 amide bonds. The summed E-state index contributed by atoms with van der Waals surface area (Å²) >= 11 is 0. The van der Waals surface area contributed by atoms with E-state index in [2.05, 4.69) is 60.7 Å². The number of hydrogen-bond acceptors (Lipinski definition) is 2. The van der Waals surface area contributed by atoms with Crippen LogP contribution in [0.2, 0.25) is 0 Å². The van der Waals surface area contributed by atoms with Crippen LogP contribution in [0.5, 0.6) is 0 Å². The summed E-state index contributed by atoms with van der Waals surface area (Å²) < 4.78 is 0. The van der Waals surface area contributed by atoms with Gasteiger partial charge in [-0.25, -0.2) is 0 Å². The Hall–Kier alpha value is -2.65. The van der Waals surface area contributed by atoms with Gasteiger partial charge in [-0.3, -0.25) is 4.79 Å². The van der Waals surface area contributed by atoms with Gasteiger partial charge in [0.2, 0.25) is 5.91 Å². The molecule has 4 N–H and O–H groups in total. The largest absolute Gasteiger partial charge is 0.366 e. The maximum atomic E-state index is 10.4. The Morgan fingerprint density at radius 3 is 1.67 bits per heavy atom. The number of rotatable bonds is 4. The lowest BCUT2D eigenvalue weighted by atomic mass is 10.0. The minimum Gasteiger partial charge on any atom is -0.366 e. The highest BCUT2D eigenvalue weighted by Gasteiger charge is 1.95.